The predicted octanol–water partition coefficient (Wildman–Crippen LogP) is 1.67. The maximum absolute atomic E-state index is 10.5. The first-order valence-electron chi connectivity index (χ1n) is 4.26. The van der Waals surface area contributed by atoms with E-state index in [1.807, 2.05) is 0 Å². The third-order valence-corrected chi connectivity index (χ3v) is 2.34. The summed E-state index contributed by atoms with van der Waals surface area (Å²) >= 11 is 0. The van der Waals surface area contributed by atoms with E-state index in [9.17, 15) is 4.79 Å². The van der Waals surface area contributed by atoms with Crippen LogP contribution in [0.1, 0.15) is 19.3 Å². The lowest BCUT2D eigenvalue weighted by Crippen LogP contribution is -2.18. The summed E-state index contributed by atoms with van der Waals surface area (Å²) in [4.78, 5) is 14.8. The largest absolute Gasteiger partial charge is 0.297 e. The van der Waals surface area contributed by atoms with Crippen LogP contribution in [0, 0.1) is 0 Å². The van der Waals surface area contributed by atoms with E-state index in [-0.39, 0.29) is 6.04 Å². The number of dihydropyridines is 1. The van der Waals surface area contributed by atoms with Crippen molar-refractivity contribution < 1.29 is 4.79 Å². The van der Waals surface area contributed by atoms with E-state index < -0.39 is 0 Å². The van der Waals surface area contributed by atoms with Gasteiger partial charge in [-0.25, -0.2) is 0 Å². The van der Waals surface area contributed by atoms with Crippen molar-refractivity contribution in [3.63, 3.8) is 0 Å². The number of carbonyl (C=O) groups is 1. The molecule has 2 nitrogen and oxygen atoms in total. The number of nitrogens with zero attached hydrogens (tertiary/aromatic N) is 1. The van der Waals surface area contributed by atoms with Gasteiger partial charge in [0.1, 0.15) is 0 Å². The van der Waals surface area contributed by atoms with Gasteiger partial charge in [0.25, 0.3) is 0 Å². The molecular formula is C10H11NO. The molecule has 2 rings (SSSR count). The fourth-order valence-electron chi connectivity index (χ4n) is 1.65. The second-order valence-electron chi connectivity index (χ2n) is 3.15. The van der Waals surface area contributed by atoms with Gasteiger partial charge in [-0.15, -0.1) is 0 Å². The molecule has 2 heteroatoms. The summed E-state index contributed by atoms with van der Waals surface area (Å²) in [5.74, 6) is 0. The van der Waals surface area contributed by atoms with Crippen LogP contribution in [0.25, 0.3) is 0 Å². The summed E-state index contributed by atoms with van der Waals surface area (Å²) in [7, 11) is 0. The van der Waals surface area contributed by atoms with Crippen molar-refractivity contribution in [3.8, 4) is 0 Å². The number of aldehydes is 1. The molecule has 0 bridgehead atoms. The van der Waals surface area contributed by atoms with E-state index in [4.69, 9.17) is 0 Å². The third-order valence-electron chi connectivity index (χ3n) is 2.34. The van der Waals surface area contributed by atoms with Gasteiger partial charge in [0.2, 0.25) is 0 Å². The quantitative estimate of drug-likeness (QED) is 0.425. The molecule has 0 aromatic heterocycles. The highest BCUT2D eigenvalue weighted by atomic mass is 16.1. The van der Waals surface area contributed by atoms with Gasteiger partial charge in [-0.2, -0.15) is 0 Å². The molecule has 0 N–H and O–H groups in total. The topological polar surface area (TPSA) is 29.4 Å². The fraction of sp³-hybridized carbons (Fsp3) is 0.400. The normalized spacial score (nSPS) is 27.2. The lowest BCUT2D eigenvalue weighted by molar-refractivity contribution is -0.102. The van der Waals surface area contributed by atoms with Gasteiger partial charge in [-0.05, 0) is 18.4 Å². The van der Waals surface area contributed by atoms with E-state index in [1.54, 1.807) is 0 Å². The zero-order chi connectivity index (χ0) is 8.39. The van der Waals surface area contributed by atoms with E-state index in [0.717, 1.165) is 25.5 Å². The second kappa shape index (κ2) is 3.05. The molecule has 12 heavy (non-hydrogen) atoms. The molecule has 0 fully saturated rings. The Morgan fingerprint density at radius 1 is 1.42 bits per heavy atom. The fourth-order valence-corrected chi connectivity index (χ4v) is 1.65. The van der Waals surface area contributed by atoms with Crippen molar-refractivity contribution in [2.24, 2.45) is 4.99 Å². The minimum Gasteiger partial charge on any atom is -0.297 e. The molecule has 0 saturated carbocycles. The SMILES string of the molecule is O=CC1=NC2CC=CCC2=CC1. The average Bonchev–Trinajstić information content (AvgIpc) is 2.17. The lowest BCUT2D eigenvalue weighted by atomic mass is 9.92. The molecule has 2 aliphatic rings. The van der Waals surface area contributed by atoms with Crippen molar-refractivity contribution in [2.75, 3.05) is 0 Å². The molecule has 1 aliphatic heterocycles. The molecule has 0 amide bonds. The minimum absolute atomic E-state index is 0.268. The van der Waals surface area contributed by atoms with E-state index in [2.05, 4.69) is 23.2 Å². The molecule has 0 spiro atoms. The Morgan fingerprint density at radius 3 is 3.17 bits per heavy atom. The lowest BCUT2D eigenvalue weighted by Gasteiger charge is -2.21. The molecular weight excluding hydrogens is 150 g/mol. The molecule has 0 aromatic carbocycles. The highest BCUT2D eigenvalue weighted by Crippen LogP contribution is 2.24. The number of rotatable bonds is 1. The maximum Gasteiger partial charge on any atom is 0.164 e. The molecule has 1 unspecified atom stereocenters. The van der Waals surface area contributed by atoms with Crippen LogP contribution in [0.3, 0.4) is 0 Å². The predicted molar refractivity (Wildman–Crippen MR) is 48.4 cm³/mol. The summed E-state index contributed by atoms with van der Waals surface area (Å²) < 4.78 is 0. The highest BCUT2D eigenvalue weighted by Gasteiger charge is 2.18. The van der Waals surface area contributed by atoms with Crippen LogP contribution in [-0.2, 0) is 4.79 Å². The van der Waals surface area contributed by atoms with Gasteiger partial charge in [0.05, 0.1) is 11.8 Å². The minimum atomic E-state index is 0.268. The van der Waals surface area contributed by atoms with Crippen molar-refractivity contribution in [1.29, 1.82) is 0 Å². The van der Waals surface area contributed by atoms with Crippen LogP contribution >= 0.6 is 0 Å². The first-order valence-corrected chi connectivity index (χ1v) is 4.26. The number of carbonyl (C=O) groups excluding carboxylic acids is 1. The van der Waals surface area contributed by atoms with Crippen LogP contribution in [0.5, 0.6) is 0 Å². The Labute approximate surface area is 71.7 Å². The molecule has 1 heterocycles. The summed E-state index contributed by atoms with van der Waals surface area (Å²) in [5, 5.41) is 0. The Balaban J connectivity index is 2.22. The summed E-state index contributed by atoms with van der Waals surface area (Å²) in [5.41, 5.74) is 2.07. The van der Waals surface area contributed by atoms with Crippen LogP contribution in [0.4, 0.5) is 0 Å². The van der Waals surface area contributed by atoms with Gasteiger partial charge in [0, 0.05) is 6.42 Å². The van der Waals surface area contributed by atoms with Gasteiger partial charge < -0.3 is 0 Å². The van der Waals surface area contributed by atoms with Crippen LogP contribution in [-0.4, -0.2) is 18.0 Å². The number of fused-ring (bicyclic) bond motifs is 1. The smallest absolute Gasteiger partial charge is 0.164 e. The van der Waals surface area contributed by atoms with Crippen LogP contribution < -0.4 is 0 Å². The van der Waals surface area contributed by atoms with E-state index in [0.29, 0.717) is 5.71 Å². The zero-order valence-corrected chi connectivity index (χ0v) is 6.86. The van der Waals surface area contributed by atoms with Gasteiger partial charge in [-0.3, -0.25) is 9.79 Å². The first kappa shape index (κ1) is 7.47. The van der Waals surface area contributed by atoms with Crippen molar-refractivity contribution in [2.45, 2.75) is 25.3 Å². The molecule has 0 aromatic rings. The molecule has 62 valence electrons. The summed E-state index contributed by atoms with van der Waals surface area (Å²) in [6.07, 6.45) is 10.0. The van der Waals surface area contributed by atoms with Crippen molar-refractivity contribution in [3.05, 3.63) is 23.8 Å². The Bertz CT molecular complexity index is 286. The third kappa shape index (κ3) is 1.24. The number of aliphatic imine (C=N–C) groups is 1. The van der Waals surface area contributed by atoms with E-state index in [1.165, 1.54) is 5.57 Å². The van der Waals surface area contributed by atoms with Gasteiger partial charge in [-0.1, -0.05) is 18.2 Å². The number of hydrogen-bond donors (Lipinski definition) is 0. The number of hydrogen-bond acceptors (Lipinski definition) is 2. The second-order valence-corrected chi connectivity index (χ2v) is 3.15. The average molecular weight is 161 g/mol. The number of allylic oxidation sites excluding steroid dienone is 2. The molecule has 1 aliphatic carbocycles. The molecule has 1 atom stereocenters. The van der Waals surface area contributed by atoms with Crippen molar-refractivity contribution >= 4 is 12.0 Å². The van der Waals surface area contributed by atoms with Crippen LogP contribution in [0.15, 0.2) is 28.8 Å². The highest BCUT2D eigenvalue weighted by molar-refractivity contribution is 6.29. The molecule has 0 saturated heterocycles. The van der Waals surface area contributed by atoms with E-state index >= 15 is 0 Å². The maximum atomic E-state index is 10.5. The monoisotopic (exact) mass is 161 g/mol. The first-order chi connectivity index (χ1) is 5.90. The molecule has 0 radical (unpaired) electrons. The van der Waals surface area contributed by atoms with Crippen LogP contribution in [0.2, 0.25) is 0 Å². The standard InChI is InChI=1S/C10H11NO/c12-7-9-6-5-8-3-1-2-4-10(8)11-9/h1-2,5,7,10H,3-4,6H2. The summed E-state index contributed by atoms with van der Waals surface area (Å²) in [6.45, 7) is 0. The zero-order valence-electron chi connectivity index (χ0n) is 6.86. The Morgan fingerprint density at radius 2 is 2.33 bits per heavy atom. The van der Waals surface area contributed by atoms with Gasteiger partial charge in [0.15, 0.2) is 6.29 Å². The van der Waals surface area contributed by atoms with Gasteiger partial charge >= 0.3 is 0 Å². The van der Waals surface area contributed by atoms with Crippen molar-refractivity contribution in [1.82, 2.24) is 0 Å². The Kier molecular flexibility index (Phi) is 1.90. The Hall–Kier alpha value is -1.18. The summed E-state index contributed by atoms with van der Waals surface area (Å²) in [6, 6.07) is 0.268.